The van der Waals surface area contributed by atoms with Gasteiger partial charge in [-0.25, -0.2) is 4.99 Å². The van der Waals surface area contributed by atoms with Crippen LogP contribution in [0.1, 0.15) is 11.1 Å². The number of H-pyrrole nitrogens is 1. The summed E-state index contributed by atoms with van der Waals surface area (Å²) in [4.78, 5) is 32.0. The number of carbonyl (C=O) groups is 2. The molecule has 1 aliphatic rings. The van der Waals surface area contributed by atoms with Gasteiger partial charge in [-0.2, -0.15) is 0 Å². The molecule has 0 saturated carbocycles. The number of imide groups is 1. The highest BCUT2D eigenvalue weighted by molar-refractivity contribution is 6.37. The van der Waals surface area contributed by atoms with Crippen LogP contribution in [0.2, 0.25) is 0 Å². The van der Waals surface area contributed by atoms with Crippen molar-refractivity contribution in [1.82, 2.24) is 10.3 Å². The zero-order valence-electron chi connectivity index (χ0n) is 13.9. The van der Waals surface area contributed by atoms with Crippen molar-refractivity contribution in [2.45, 2.75) is 0 Å². The van der Waals surface area contributed by atoms with E-state index in [9.17, 15) is 9.59 Å². The van der Waals surface area contributed by atoms with Gasteiger partial charge in [0.25, 0.3) is 11.8 Å². The lowest BCUT2D eigenvalue weighted by Crippen LogP contribution is -2.22. The number of methoxy groups -OCH3 is 1. The number of aromatic nitrogens is 1. The van der Waals surface area contributed by atoms with Crippen LogP contribution in [0.15, 0.2) is 65.4 Å². The molecule has 3 aromatic rings. The first kappa shape index (κ1) is 15.8. The van der Waals surface area contributed by atoms with Crippen LogP contribution in [0.3, 0.4) is 0 Å². The molecule has 0 unspecified atom stereocenters. The molecule has 2 N–H and O–H groups in total. The molecule has 0 aliphatic carbocycles. The second-order valence-electron chi connectivity index (χ2n) is 5.75. The van der Waals surface area contributed by atoms with Crippen molar-refractivity contribution in [2.24, 2.45) is 4.99 Å². The van der Waals surface area contributed by atoms with Crippen molar-refractivity contribution < 1.29 is 14.3 Å². The van der Waals surface area contributed by atoms with Gasteiger partial charge in [-0.05, 0) is 18.2 Å². The molecule has 26 heavy (non-hydrogen) atoms. The van der Waals surface area contributed by atoms with E-state index in [2.05, 4.69) is 15.3 Å². The van der Waals surface area contributed by atoms with Crippen molar-refractivity contribution in [3.8, 4) is 5.75 Å². The zero-order valence-corrected chi connectivity index (χ0v) is 13.9. The minimum atomic E-state index is -0.513. The topological polar surface area (TPSA) is 83.5 Å². The normalized spacial score (nSPS) is 14.5. The summed E-state index contributed by atoms with van der Waals surface area (Å²) in [5.41, 5.74) is 2.60. The average molecular weight is 345 g/mol. The highest BCUT2D eigenvalue weighted by atomic mass is 16.5. The van der Waals surface area contributed by atoms with Crippen molar-refractivity contribution in [2.75, 3.05) is 7.11 Å². The Balaban J connectivity index is 1.84. The Morgan fingerprint density at radius 3 is 2.62 bits per heavy atom. The molecular weight excluding hydrogens is 330 g/mol. The summed E-state index contributed by atoms with van der Waals surface area (Å²) in [5.74, 6) is -0.330. The number of para-hydroxylation sites is 2. The van der Waals surface area contributed by atoms with Crippen LogP contribution >= 0.6 is 0 Å². The molecule has 0 bridgehead atoms. The third kappa shape index (κ3) is 2.57. The first-order chi connectivity index (χ1) is 12.7. The number of fused-ring (bicyclic) bond motifs is 1. The lowest BCUT2D eigenvalue weighted by atomic mass is 10.0. The number of hydrogen-bond donors (Lipinski definition) is 2. The van der Waals surface area contributed by atoms with Gasteiger partial charge < -0.3 is 9.72 Å². The monoisotopic (exact) mass is 345 g/mol. The van der Waals surface area contributed by atoms with Crippen molar-refractivity contribution >= 4 is 34.5 Å². The second-order valence-corrected chi connectivity index (χ2v) is 5.75. The zero-order chi connectivity index (χ0) is 18.1. The molecule has 6 nitrogen and oxygen atoms in total. The molecule has 6 heteroatoms. The number of nitrogens with zero attached hydrogens (tertiary/aromatic N) is 1. The molecule has 0 atom stereocenters. The van der Waals surface area contributed by atoms with Gasteiger partial charge in [-0.15, -0.1) is 0 Å². The van der Waals surface area contributed by atoms with E-state index in [0.29, 0.717) is 16.9 Å². The number of nitrogens with one attached hydrogen (secondary N) is 2. The molecule has 2 aromatic carbocycles. The lowest BCUT2D eigenvalue weighted by Gasteiger charge is -2.03. The number of rotatable bonds is 4. The van der Waals surface area contributed by atoms with Crippen LogP contribution in [0.4, 0.5) is 0 Å². The van der Waals surface area contributed by atoms with Crippen LogP contribution in [-0.4, -0.2) is 30.1 Å². The van der Waals surface area contributed by atoms with Crippen molar-refractivity contribution in [1.29, 1.82) is 0 Å². The van der Waals surface area contributed by atoms with Crippen LogP contribution in [0.5, 0.6) is 5.75 Å². The number of hydrogen-bond acceptors (Lipinski definition) is 4. The quantitative estimate of drug-likeness (QED) is 0.563. The van der Waals surface area contributed by atoms with Gasteiger partial charge in [0.05, 0.1) is 12.7 Å². The number of carbonyl (C=O) groups excluding carboxylic acids is 2. The summed E-state index contributed by atoms with van der Waals surface area (Å²) < 4.78 is 5.29. The highest BCUT2D eigenvalue weighted by Crippen LogP contribution is 2.31. The minimum Gasteiger partial charge on any atom is -0.496 e. The van der Waals surface area contributed by atoms with E-state index < -0.39 is 11.8 Å². The van der Waals surface area contributed by atoms with Gasteiger partial charge in [0, 0.05) is 34.4 Å². The average Bonchev–Trinajstić information content (AvgIpc) is 3.20. The number of amides is 2. The minimum absolute atomic E-state index is 0.0886. The molecule has 0 spiro atoms. The van der Waals surface area contributed by atoms with Crippen LogP contribution in [0.25, 0.3) is 16.5 Å². The fourth-order valence-corrected chi connectivity index (χ4v) is 3.00. The summed E-state index contributed by atoms with van der Waals surface area (Å²) in [6.45, 7) is 0. The Kier molecular flexibility index (Phi) is 3.85. The Labute approximate surface area is 149 Å². The first-order valence-electron chi connectivity index (χ1n) is 8.02. The summed E-state index contributed by atoms with van der Waals surface area (Å²) in [7, 11) is 1.56. The summed E-state index contributed by atoms with van der Waals surface area (Å²) in [6, 6.07) is 14.9. The molecule has 0 radical (unpaired) electrons. The molecular formula is C20H15N3O3. The van der Waals surface area contributed by atoms with E-state index in [1.54, 1.807) is 19.4 Å². The second kappa shape index (κ2) is 6.33. The van der Waals surface area contributed by atoms with E-state index in [1.807, 2.05) is 42.5 Å². The van der Waals surface area contributed by atoms with Gasteiger partial charge >= 0.3 is 0 Å². The fraction of sp³-hybridized carbons (Fsp3) is 0.0500. The number of benzene rings is 2. The van der Waals surface area contributed by atoms with Gasteiger partial charge in [0.15, 0.2) is 0 Å². The highest BCUT2D eigenvalue weighted by Gasteiger charge is 2.32. The predicted octanol–water partition coefficient (Wildman–Crippen LogP) is 2.66. The largest absolute Gasteiger partial charge is 0.496 e. The van der Waals surface area contributed by atoms with Crippen molar-refractivity contribution in [3.05, 3.63) is 71.6 Å². The number of aromatic amines is 1. The lowest BCUT2D eigenvalue weighted by molar-refractivity contribution is -0.123. The Hall–Kier alpha value is -3.67. The smallest absolute Gasteiger partial charge is 0.277 e. The van der Waals surface area contributed by atoms with Crippen LogP contribution in [-0.2, 0) is 9.59 Å². The number of ether oxygens (including phenoxy) is 1. The molecule has 2 amide bonds. The Bertz CT molecular complexity index is 1090. The van der Waals surface area contributed by atoms with Gasteiger partial charge in [-0.1, -0.05) is 30.3 Å². The molecule has 4 rings (SSSR count). The molecule has 0 fully saturated rings. The maximum absolute atomic E-state index is 12.4. The van der Waals surface area contributed by atoms with Crippen LogP contribution in [0, 0.1) is 0 Å². The number of aliphatic imine (C=N–C) groups is 1. The van der Waals surface area contributed by atoms with E-state index in [1.165, 1.54) is 6.21 Å². The Morgan fingerprint density at radius 2 is 1.77 bits per heavy atom. The van der Waals surface area contributed by atoms with E-state index in [0.717, 1.165) is 10.9 Å². The molecule has 128 valence electrons. The Morgan fingerprint density at radius 1 is 1.00 bits per heavy atom. The first-order valence-corrected chi connectivity index (χ1v) is 8.02. The van der Waals surface area contributed by atoms with Gasteiger partial charge in [-0.3, -0.25) is 14.9 Å². The third-order valence-corrected chi connectivity index (χ3v) is 4.24. The summed E-state index contributed by atoms with van der Waals surface area (Å²) in [6.07, 6.45) is 3.25. The standard InChI is InChI=1S/C20H15N3O3/c1-26-16-9-5-2-6-12(16)10-22-18-17(19(24)23-20(18)25)14-11-21-15-8-4-3-7-13(14)15/h2-11,21H,1H3,(H,23,24,25). The predicted molar refractivity (Wildman–Crippen MR) is 99.0 cm³/mol. The SMILES string of the molecule is COc1ccccc1C=NC1=C(c2c[nH]c3ccccc23)C(=O)NC1=O. The molecule has 0 saturated heterocycles. The third-order valence-electron chi connectivity index (χ3n) is 4.24. The summed E-state index contributed by atoms with van der Waals surface area (Å²) in [5, 5.41) is 3.18. The maximum Gasteiger partial charge on any atom is 0.277 e. The maximum atomic E-state index is 12.4. The van der Waals surface area contributed by atoms with Crippen LogP contribution < -0.4 is 10.1 Å². The van der Waals surface area contributed by atoms with E-state index in [-0.39, 0.29) is 11.3 Å². The van der Waals surface area contributed by atoms with E-state index >= 15 is 0 Å². The summed E-state index contributed by atoms with van der Waals surface area (Å²) >= 11 is 0. The van der Waals surface area contributed by atoms with E-state index in [4.69, 9.17) is 4.74 Å². The fourth-order valence-electron chi connectivity index (χ4n) is 3.00. The van der Waals surface area contributed by atoms with Crippen molar-refractivity contribution in [3.63, 3.8) is 0 Å². The van der Waals surface area contributed by atoms with Gasteiger partial charge in [0.2, 0.25) is 0 Å². The van der Waals surface area contributed by atoms with Gasteiger partial charge in [0.1, 0.15) is 11.4 Å². The molecule has 2 heterocycles. The molecule has 1 aromatic heterocycles. The molecule has 1 aliphatic heterocycles.